The highest BCUT2D eigenvalue weighted by molar-refractivity contribution is 5.96. The van der Waals surface area contributed by atoms with Crippen molar-refractivity contribution in [1.29, 1.82) is 0 Å². The molecule has 2 N–H and O–H groups in total. The lowest BCUT2D eigenvalue weighted by atomic mass is 10.0. The van der Waals surface area contributed by atoms with E-state index in [9.17, 15) is 15.2 Å². The number of aliphatic hydroxyl groups is 1. The molecule has 1 heterocycles. The quantitative estimate of drug-likeness (QED) is 0.647. The van der Waals surface area contributed by atoms with E-state index < -0.39 is 10.5 Å². The summed E-state index contributed by atoms with van der Waals surface area (Å²) in [6.45, 7) is 4.01. The zero-order chi connectivity index (χ0) is 14.8. The lowest BCUT2D eigenvalue weighted by Gasteiger charge is -2.22. The average Bonchev–Trinajstić information content (AvgIpc) is 2.44. The lowest BCUT2D eigenvalue weighted by molar-refractivity contribution is -0.383. The van der Waals surface area contributed by atoms with Gasteiger partial charge in [0.15, 0.2) is 0 Å². The van der Waals surface area contributed by atoms with Crippen LogP contribution < -0.4 is 5.32 Å². The molecule has 0 spiro atoms. The van der Waals surface area contributed by atoms with Gasteiger partial charge in [-0.05, 0) is 19.4 Å². The van der Waals surface area contributed by atoms with Crippen molar-refractivity contribution >= 4 is 22.3 Å². The zero-order valence-corrected chi connectivity index (χ0v) is 11.5. The predicted octanol–water partition coefficient (Wildman–Crippen LogP) is 2.72. The molecule has 0 bridgehead atoms. The van der Waals surface area contributed by atoms with Crippen molar-refractivity contribution in [2.75, 3.05) is 11.9 Å². The van der Waals surface area contributed by atoms with Crippen LogP contribution in [0.25, 0.3) is 10.9 Å². The van der Waals surface area contributed by atoms with Crippen LogP contribution in [0.2, 0.25) is 0 Å². The number of para-hydroxylation sites is 1. The molecule has 1 aromatic heterocycles. The second kappa shape index (κ2) is 5.42. The molecule has 106 valence electrons. The Morgan fingerprint density at radius 2 is 2.20 bits per heavy atom. The maximum Gasteiger partial charge on any atom is 0.295 e. The smallest absolute Gasteiger partial charge is 0.295 e. The lowest BCUT2D eigenvalue weighted by Crippen LogP contribution is -2.32. The standard InChI is InChI=1S/C14H17N3O3/c1-3-14(2,18)9-16-11-7-8-15-13-10(11)5-4-6-12(13)17(19)20/h4-8,18H,3,9H2,1-2H3,(H,15,16). The number of hydrogen-bond donors (Lipinski definition) is 2. The van der Waals surface area contributed by atoms with E-state index in [0.717, 1.165) is 5.69 Å². The van der Waals surface area contributed by atoms with E-state index in [1.807, 2.05) is 6.92 Å². The van der Waals surface area contributed by atoms with Crippen LogP contribution in [0.1, 0.15) is 20.3 Å². The van der Waals surface area contributed by atoms with Crippen molar-refractivity contribution in [3.05, 3.63) is 40.6 Å². The van der Waals surface area contributed by atoms with Crippen molar-refractivity contribution in [2.24, 2.45) is 0 Å². The number of hydrogen-bond acceptors (Lipinski definition) is 5. The maximum absolute atomic E-state index is 11.0. The van der Waals surface area contributed by atoms with Crippen molar-refractivity contribution in [2.45, 2.75) is 25.9 Å². The third-order valence-electron chi connectivity index (χ3n) is 3.37. The summed E-state index contributed by atoms with van der Waals surface area (Å²) < 4.78 is 0. The SMILES string of the molecule is CCC(C)(O)CNc1ccnc2c([N+](=O)[O-])cccc12. The van der Waals surface area contributed by atoms with Gasteiger partial charge in [0.05, 0.1) is 10.5 Å². The number of fused-ring (bicyclic) bond motifs is 1. The van der Waals surface area contributed by atoms with Crippen LogP contribution in [-0.4, -0.2) is 27.2 Å². The molecule has 0 aliphatic carbocycles. The van der Waals surface area contributed by atoms with Crippen LogP contribution in [0.4, 0.5) is 11.4 Å². The summed E-state index contributed by atoms with van der Waals surface area (Å²) in [7, 11) is 0. The molecule has 1 atom stereocenters. The molecule has 6 nitrogen and oxygen atoms in total. The third kappa shape index (κ3) is 2.85. The van der Waals surface area contributed by atoms with Crippen LogP contribution >= 0.6 is 0 Å². The molecule has 1 unspecified atom stereocenters. The summed E-state index contributed by atoms with van der Waals surface area (Å²) in [5, 5.41) is 24.8. The number of nitro benzene ring substituents is 1. The minimum atomic E-state index is -0.823. The summed E-state index contributed by atoms with van der Waals surface area (Å²) >= 11 is 0. The van der Waals surface area contributed by atoms with Gasteiger partial charge in [-0.2, -0.15) is 0 Å². The van der Waals surface area contributed by atoms with E-state index in [1.165, 1.54) is 12.3 Å². The highest BCUT2D eigenvalue weighted by atomic mass is 16.6. The fourth-order valence-corrected chi connectivity index (χ4v) is 1.87. The van der Waals surface area contributed by atoms with E-state index in [0.29, 0.717) is 23.9 Å². The van der Waals surface area contributed by atoms with Crippen LogP contribution in [0.15, 0.2) is 30.5 Å². The Labute approximate surface area is 116 Å². The number of pyridine rings is 1. The van der Waals surface area contributed by atoms with Gasteiger partial charge in [0.1, 0.15) is 5.52 Å². The van der Waals surface area contributed by atoms with Crippen molar-refractivity contribution in [3.63, 3.8) is 0 Å². The molecule has 0 saturated heterocycles. The monoisotopic (exact) mass is 275 g/mol. The Morgan fingerprint density at radius 1 is 1.45 bits per heavy atom. The molecular weight excluding hydrogens is 258 g/mol. The van der Waals surface area contributed by atoms with E-state index >= 15 is 0 Å². The Morgan fingerprint density at radius 3 is 2.85 bits per heavy atom. The van der Waals surface area contributed by atoms with Crippen molar-refractivity contribution in [1.82, 2.24) is 4.98 Å². The first-order valence-electron chi connectivity index (χ1n) is 6.43. The number of nitro groups is 1. The Kier molecular flexibility index (Phi) is 3.85. The van der Waals surface area contributed by atoms with Crippen LogP contribution in [0.3, 0.4) is 0 Å². The maximum atomic E-state index is 11.0. The van der Waals surface area contributed by atoms with Crippen molar-refractivity contribution < 1.29 is 10.0 Å². The molecular formula is C14H17N3O3. The molecule has 6 heteroatoms. The summed E-state index contributed by atoms with van der Waals surface area (Å²) in [4.78, 5) is 14.6. The first-order valence-corrected chi connectivity index (χ1v) is 6.43. The molecule has 0 fully saturated rings. The minimum Gasteiger partial charge on any atom is -0.388 e. The predicted molar refractivity (Wildman–Crippen MR) is 77.8 cm³/mol. The molecule has 20 heavy (non-hydrogen) atoms. The summed E-state index contributed by atoms with van der Waals surface area (Å²) in [6.07, 6.45) is 2.14. The second-order valence-electron chi connectivity index (χ2n) is 4.99. The van der Waals surface area contributed by atoms with E-state index in [1.54, 1.807) is 25.1 Å². The van der Waals surface area contributed by atoms with E-state index in [2.05, 4.69) is 10.3 Å². The molecule has 0 radical (unpaired) electrons. The number of non-ortho nitro benzene ring substituents is 1. The Bertz CT molecular complexity index is 641. The van der Waals surface area contributed by atoms with Gasteiger partial charge in [0.2, 0.25) is 0 Å². The first kappa shape index (κ1) is 14.2. The van der Waals surface area contributed by atoms with E-state index in [-0.39, 0.29) is 5.69 Å². The number of rotatable bonds is 5. The van der Waals surface area contributed by atoms with Gasteiger partial charge in [0.25, 0.3) is 5.69 Å². The summed E-state index contributed by atoms with van der Waals surface area (Å²) in [5.74, 6) is 0. The molecule has 0 aliphatic heterocycles. The topological polar surface area (TPSA) is 88.3 Å². The molecule has 2 aromatic rings. The fraction of sp³-hybridized carbons (Fsp3) is 0.357. The Balaban J connectivity index is 2.40. The molecule has 0 amide bonds. The number of aromatic nitrogens is 1. The number of nitrogens with zero attached hydrogens (tertiary/aromatic N) is 2. The van der Waals surface area contributed by atoms with Gasteiger partial charge in [-0.3, -0.25) is 10.1 Å². The van der Waals surface area contributed by atoms with Crippen LogP contribution in [-0.2, 0) is 0 Å². The van der Waals surface area contributed by atoms with Gasteiger partial charge >= 0.3 is 0 Å². The highest BCUT2D eigenvalue weighted by Gasteiger charge is 2.19. The first-order chi connectivity index (χ1) is 9.44. The average molecular weight is 275 g/mol. The van der Waals surface area contributed by atoms with Crippen LogP contribution in [0, 0.1) is 10.1 Å². The zero-order valence-electron chi connectivity index (χ0n) is 11.5. The highest BCUT2D eigenvalue weighted by Crippen LogP contribution is 2.28. The van der Waals surface area contributed by atoms with Gasteiger partial charge in [-0.15, -0.1) is 0 Å². The molecule has 0 saturated carbocycles. The molecule has 1 aromatic carbocycles. The minimum absolute atomic E-state index is 0.0200. The molecule has 0 aliphatic rings. The van der Waals surface area contributed by atoms with Gasteiger partial charge in [0, 0.05) is 29.9 Å². The largest absolute Gasteiger partial charge is 0.388 e. The molecule has 2 rings (SSSR count). The van der Waals surface area contributed by atoms with Crippen LogP contribution in [0.5, 0.6) is 0 Å². The summed E-state index contributed by atoms with van der Waals surface area (Å²) in [6, 6.07) is 6.59. The Hall–Kier alpha value is -2.21. The normalized spacial score (nSPS) is 13.9. The van der Waals surface area contributed by atoms with Gasteiger partial charge in [-0.25, -0.2) is 4.98 Å². The number of benzene rings is 1. The van der Waals surface area contributed by atoms with Gasteiger partial charge < -0.3 is 10.4 Å². The number of nitrogens with one attached hydrogen (secondary N) is 1. The summed E-state index contributed by atoms with van der Waals surface area (Å²) in [5.41, 5.74) is 0.232. The fourth-order valence-electron chi connectivity index (χ4n) is 1.87. The second-order valence-corrected chi connectivity index (χ2v) is 4.99. The van der Waals surface area contributed by atoms with Crippen molar-refractivity contribution in [3.8, 4) is 0 Å². The number of anilines is 1. The third-order valence-corrected chi connectivity index (χ3v) is 3.37. The van der Waals surface area contributed by atoms with Gasteiger partial charge in [-0.1, -0.05) is 19.1 Å². The van der Waals surface area contributed by atoms with E-state index in [4.69, 9.17) is 0 Å².